The predicted molar refractivity (Wildman–Crippen MR) is 115 cm³/mol. The molecule has 2 aromatic rings. The van der Waals surface area contributed by atoms with E-state index in [-0.39, 0.29) is 0 Å². The molecule has 1 aliphatic rings. The molecule has 7 nitrogen and oxygen atoms in total. The fraction of sp³-hybridized carbons (Fsp3) is 0.450. The van der Waals surface area contributed by atoms with Gasteiger partial charge >= 0.3 is 0 Å². The van der Waals surface area contributed by atoms with Gasteiger partial charge in [-0.1, -0.05) is 19.1 Å². The first kappa shape index (κ1) is 20.1. The average molecular weight is 402 g/mol. The number of ether oxygens (including phenoxy) is 2. The van der Waals surface area contributed by atoms with Gasteiger partial charge in [0, 0.05) is 25.7 Å². The zero-order valence-corrected chi connectivity index (χ0v) is 17.4. The normalized spacial score (nSPS) is 16.4. The lowest BCUT2D eigenvalue weighted by molar-refractivity contribution is 0.396. The van der Waals surface area contributed by atoms with Crippen molar-refractivity contribution in [3.63, 3.8) is 0 Å². The van der Waals surface area contributed by atoms with Crippen molar-refractivity contribution in [3.05, 3.63) is 35.9 Å². The number of nitrogens with zero attached hydrogens (tertiary/aromatic N) is 3. The van der Waals surface area contributed by atoms with Crippen LogP contribution in [0.4, 0.5) is 11.8 Å². The Bertz CT molecular complexity index is 800. The highest BCUT2D eigenvalue weighted by Gasteiger charge is 2.19. The number of piperidine rings is 1. The number of benzene rings is 1. The van der Waals surface area contributed by atoms with Gasteiger partial charge in [0.05, 0.1) is 14.2 Å². The minimum absolute atomic E-state index is 0.430. The van der Waals surface area contributed by atoms with Crippen LogP contribution < -0.4 is 25.0 Å². The Morgan fingerprint density at radius 1 is 1.21 bits per heavy atom. The molecule has 28 heavy (non-hydrogen) atoms. The van der Waals surface area contributed by atoms with Crippen molar-refractivity contribution in [3.8, 4) is 11.6 Å². The molecule has 1 saturated heterocycles. The van der Waals surface area contributed by atoms with Gasteiger partial charge in [-0.2, -0.15) is 9.97 Å². The molecule has 2 heterocycles. The Balaban J connectivity index is 1.63. The van der Waals surface area contributed by atoms with Crippen molar-refractivity contribution >= 4 is 29.1 Å². The van der Waals surface area contributed by atoms with Crippen molar-refractivity contribution in [2.24, 2.45) is 5.92 Å². The molecule has 0 bridgehead atoms. The molecule has 1 aromatic heterocycles. The third-order valence-corrected chi connectivity index (χ3v) is 4.96. The van der Waals surface area contributed by atoms with Gasteiger partial charge in [-0.15, -0.1) is 0 Å². The molecule has 0 aliphatic carbocycles. The second kappa shape index (κ2) is 9.54. The van der Waals surface area contributed by atoms with E-state index < -0.39 is 0 Å². The van der Waals surface area contributed by atoms with Crippen molar-refractivity contribution in [1.82, 2.24) is 15.3 Å². The van der Waals surface area contributed by atoms with Crippen molar-refractivity contribution in [1.29, 1.82) is 0 Å². The van der Waals surface area contributed by atoms with E-state index in [2.05, 4.69) is 32.4 Å². The lowest BCUT2D eigenvalue weighted by Crippen LogP contribution is -2.35. The maximum absolute atomic E-state index is 5.40. The molecule has 3 rings (SSSR count). The average Bonchev–Trinajstić information content (AvgIpc) is 2.72. The van der Waals surface area contributed by atoms with Gasteiger partial charge in [0.1, 0.15) is 11.6 Å². The fourth-order valence-corrected chi connectivity index (χ4v) is 3.37. The van der Waals surface area contributed by atoms with Gasteiger partial charge in [0.2, 0.25) is 11.8 Å². The van der Waals surface area contributed by atoms with E-state index in [1.54, 1.807) is 14.2 Å². The van der Waals surface area contributed by atoms with Gasteiger partial charge in [0.25, 0.3) is 0 Å². The second-order valence-corrected chi connectivity index (χ2v) is 7.35. The lowest BCUT2D eigenvalue weighted by Gasteiger charge is -2.32. The SMILES string of the molecule is COc1ccc(CNC(=S)Nc2nc(OC)cc(N3CCC[C@@H](C)C3)n2)cc1. The molecule has 1 atom stereocenters. The van der Waals surface area contributed by atoms with Gasteiger partial charge < -0.3 is 25.0 Å². The summed E-state index contributed by atoms with van der Waals surface area (Å²) in [5.74, 6) is 3.29. The number of hydrogen-bond acceptors (Lipinski definition) is 6. The van der Waals surface area contributed by atoms with E-state index in [0.717, 1.165) is 36.6 Å². The zero-order valence-electron chi connectivity index (χ0n) is 16.6. The second-order valence-electron chi connectivity index (χ2n) is 6.94. The molecule has 0 radical (unpaired) electrons. The number of thiocarbonyl (C=S) groups is 1. The summed E-state index contributed by atoms with van der Waals surface area (Å²) >= 11 is 5.40. The monoisotopic (exact) mass is 401 g/mol. The number of hydrogen-bond donors (Lipinski definition) is 2. The molecule has 1 aliphatic heterocycles. The molecule has 1 fully saturated rings. The third kappa shape index (κ3) is 5.45. The molecule has 150 valence electrons. The molecule has 8 heteroatoms. The summed E-state index contributed by atoms with van der Waals surface area (Å²) in [6.07, 6.45) is 2.42. The first-order chi connectivity index (χ1) is 13.6. The van der Waals surface area contributed by atoms with E-state index >= 15 is 0 Å². The minimum Gasteiger partial charge on any atom is -0.497 e. The summed E-state index contributed by atoms with van der Waals surface area (Å²) in [5, 5.41) is 6.70. The molecule has 1 aromatic carbocycles. The van der Waals surface area contributed by atoms with E-state index in [1.165, 1.54) is 6.42 Å². The van der Waals surface area contributed by atoms with Crippen LogP contribution in [0.2, 0.25) is 0 Å². The molecule has 2 N–H and O–H groups in total. The zero-order chi connectivity index (χ0) is 19.9. The Labute approximate surface area is 171 Å². The molecule has 0 amide bonds. The van der Waals surface area contributed by atoms with E-state index in [4.69, 9.17) is 21.7 Å². The molecule has 0 unspecified atom stereocenters. The van der Waals surface area contributed by atoms with Crippen LogP contribution in [-0.4, -0.2) is 42.4 Å². The molecule has 0 saturated carbocycles. The van der Waals surface area contributed by atoms with Crippen LogP contribution in [0.1, 0.15) is 25.3 Å². The highest BCUT2D eigenvalue weighted by atomic mass is 32.1. The summed E-state index contributed by atoms with van der Waals surface area (Å²) in [5.41, 5.74) is 1.10. The lowest BCUT2D eigenvalue weighted by atomic mass is 10.0. The number of rotatable bonds is 6. The van der Waals surface area contributed by atoms with Crippen molar-refractivity contribution in [2.75, 3.05) is 37.5 Å². The van der Waals surface area contributed by atoms with Crippen LogP contribution in [0.3, 0.4) is 0 Å². The largest absolute Gasteiger partial charge is 0.497 e. The van der Waals surface area contributed by atoms with Crippen LogP contribution in [0.5, 0.6) is 11.6 Å². The van der Waals surface area contributed by atoms with Crippen LogP contribution in [-0.2, 0) is 6.54 Å². The third-order valence-electron chi connectivity index (χ3n) is 4.72. The predicted octanol–water partition coefficient (Wildman–Crippen LogP) is 3.22. The van der Waals surface area contributed by atoms with Gasteiger partial charge in [0.15, 0.2) is 5.11 Å². The topological polar surface area (TPSA) is 71.5 Å². The maximum Gasteiger partial charge on any atom is 0.234 e. The highest BCUT2D eigenvalue weighted by Crippen LogP contribution is 2.25. The quantitative estimate of drug-likeness (QED) is 0.715. The highest BCUT2D eigenvalue weighted by molar-refractivity contribution is 7.80. The Kier molecular flexibility index (Phi) is 6.86. The Morgan fingerprint density at radius 2 is 2.00 bits per heavy atom. The Morgan fingerprint density at radius 3 is 2.68 bits per heavy atom. The minimum atomic E-state index is 0.430. The number of methoxy groups -OCH3 is 2. The van der Waals surface area contributed by atoms with Gasteiger partial charge in [-0.3, -0.25) is 0 Å². The number of anilines is 2. The summed E-state index contributed by atoms with van der Waals surface area (Å²) in [6.45, 7) is 4.84. The molecular weight excluding hydrogens is 374 g/mol. The summed E-state index contributed by atoms with van der Waals surface area (Å²) in [7, 11) is 3.26. The van der Waals surface area contributed by atoms with Crippen LogP contribution in [0, 0.1) is 5.92 Å². The smallest absolute Gasteiger partial charge is 0.234 e. The van der Waals surface area contributed by atoms with E-state index in [0.29, 0.717) is 29.4 Å². The van der Waals surface area contributed by atoms with Crippen LogP contribution >= 0.6 is 12.2 Å². The first-order valence-corrected chi connectivity index (χ1v) is 9.84. The molecular formula is C20H27N5O2S. The van der Waals surface area contributed by atoms with E-state index in [9.17, 15) is 0 Å². The summed E-state index contributed by atoms with van der Waals surface area (Å²) < 4.78 is 10.5. The van der Waals surface area contributed by atoms with Gasteiger partial charge in [-0.05, 0) is 48.7 Å². The van der Waals surface area contributed by atoms with Crippen LogP contribution in [0.15, 0.2) is 30.3 Å². The van der Waals surface area contributed by atoms with Gasteiger partial charge in [-0.25, -0.2) is 0 Å². The van der Waals surface area contributed by atoms with Crippen molar-refractivity contribution < 1.29 is 9.47 Å². The number of aromatic nitrogens is 2. The summed E-state index contributed by atoms with van der Waals surface area (Å²) in [4.78, 5) is 11.3. The van der Waals surface area contributed by atoms with Crippen LogP contribution in [0.25, 0.3) is 0 Å². The molecule has 0 spiro atoms. The Hall–Kier alpha value is -2.61. The first-order valence-electron chi connectivity index (χ1n) is 9.43. The van der Waals surface area contributed by atoms with E-state index in [1.807, 2.05) is 30.3 Å². The summed E-state index contributed by atoms with van der Waals surface area (Å²) in [6, 6.07) is 9.70. The van der Waals surface area contributed by atoms with Crippen molar-refractivity contribution in [2.45, 2.75) is 26.3 Å². The standard InChI is InChI=1S/C20H27N5O2S/c1-14-5-4-10-25(13-14)17-11-18(27-3)23-19(22-17)24-20(28)21-12-15-6-8-16(26-2)9-7-15/h6-9,11,14H,4-5,10,12-13H2,1-3H3,(H2,21,22,23,24,28)/t14-/m1/s1. The number of nitrogens with one attached hydrogen (secondary N) is 2. The fourth-order valence-electron chi connectivity index (χ4n) is 3.20. The maximum atomic E-state index is 5.40.